The maximum absolute atomic E-state index is 5.21. The third-order valence-corrected chi connectivity index (χ3v) is 2.34. The number of nitrogens with two attached hydrogens (primary N) is 1. The zero-order valence-electron chi connectivity index (χ0n) is 7.73. The second-order valence-electron chi connectivity index (χ2n) is 2.51. The molecule has 3 nitrogen and oxygen atoms in total. The summed E-state index contributed by atoms with van der Waals surface area (Å²) in [4.78, 5) is 1.23. The van der Waals surface area contributed by atoms with E-state index in [1.807, 2.05) is 30.5 Å². The van der Waals surface area contributed by atoms with Crippen molar-refractivity contribution in [2.75, 3.05) is 6.26 Å². The van der Waals surface area contributed by atoms with E-state index in [4.69, 9.17) is 5.73 Å². The molecule has 0 amide bonds. The van der Waals surface area contributed by atoms with Crippen molar-refractivity contribution < 1.29 is 0 Å². The first-order chi connectivity index (χ1) is 6.72. The smallest absolute Gasteiger partial charge is 0.184 e. The van der Waals surface area contributed by atoms with Crippen LogP contribution in [0.5, 0.6) is 0 Å². The normalized spacial score (nSPS) is 10.4. The summed E-state index contributed by atoms with van der Waals surface area (Å²) in [5.74, 6) is 0. The molecule has 1 aromatic carbocycles. The first-order valence-electron chi connectivity index (χ1n) is 3.95. The summed E-state index contributed by atoms with van der Waals surface area (Å²) in [6.07, 6.45) is 3.71. The molecule has 0 radical (unpaired) electrons. The third kappa shape index (κ3) is 3.76. The fourth-order valence-electron chi connectivity index (χ4n) is 0.860. The van der Waals surface area contributed by atoms with Gasteiger partial charge in [0.25, 0.3) is 0 Å². The van der Waals surface area contributed by atoms with Gasteiger partial charge in [0.1, 0.15) is 0 Å². The van der Waals surface area contributed by atoms with E-state index < -0.39 is 0 Å². The summed E-state index contributed by atoms with van der Waals surface area (Å²) in [5.41, 5.74) is 8.71. The number of rotatable bonds is 3. The van der Waals surface area contributed by atoms with Crippen LogP contribution in [0.4, 0.5) is 0 Å². The summed E-state index contributed by atoms with van der Waals surface area (Å²) in [6.45, 7) is 0. The minimum Gasteiger partial charge on any atom is -0.375 e. The Balaban J connectivity index is 2.59. The van der Waals surface area contributed by atoms with Gasteiger partial charge >= 0.3 is 0 Å². The predicted molar refractivity (Wildman–Crippen MR) is 65.7 cm³/mol. The largest absolute Gasteiger partial charge is 0.375 e. The molecule has 0 aliphatic heterocycles. The molecule has 0 bridgehead atoms. The van der Waals surface area contributed by atoms with E-state index in [1.54, 1.807) is 18.0 Å². The number of thioether (sulfide) groups is 1. The molecule has 0 heterocycles. The lowest BCUT2D eigenvalue weighted by Crippen LogP contribution is -2.23. The van der Waals surface area contributed by atoms with Gasteiger partial charge in [0.15, 0.2) is 5.11 Å². The Labute approximate surface area is 92.8 Å². The Hall–Kier alpha value is -1.07. The zero-order chi connectivity index (χ0) is 10.4. The van der Waals surface area contributed by atoms with Crippen LogP contribution in [0.1, 0.15) is 5.56 Å². The molecular weight excluding hydrogens is 214 g/mol. The van der Waals surface area contributed by atoms with E-state index in [0.717, 1.165) is 5.56 Å². The Kier molecular flexibility index (Phi) is 4.42. The van der Waals surface area contributed by atoms with E-state index in [2.05, 4.69) is 22.7 Å². The third-order valence-electron chi connectivity index (χ3n) is 1.50. The van der Waals surface area contributed by atoms with Crippen LogP contribution in [0, 0.1) is 0 Å². The van der Waals surface area contributed by atoms with Gasteiger partial charge in [-0.3, -0.25) is 5.43 Å². The van der Waals surface area contributed by atoms with Gasteiger partial charge < -0.3 is 5.73 Å². The quantitative estimate of drug-likeness (QED) is 0.355. The SMILES string of the molecule is CSc1ccc(/C=N/NC(N)=S)cc1. The highest BCUT2D eigenvalue weighted by atomic mass is 32.2. The van der Waals surface area contributed by atoms with Crippen molar-refractivity contribution in [3.05, 3.63) is 29.8 Å². The first-order valence-corrected chi connectivity index (χ1v) is 5.58. The standard InChI is InChI=1S/C9H11N3S2/c1-14-8-4-2-7(3-5-8)6-11-12-9(10)13/h2-6H,1H3,(H3,10,12,13)/b11-6+. The molecule has 0 aliphatic rings. The molecule has 0 saturated carbocycles. The van der Waals surface area contributed by atoms with E-state index in [-0.39, 0.29) is 5.11 Å². The number of benzene rings is 1. The van der Waals surface area contributed by atoms with E-state index in [1.165, 1.54) is 4.90 Å². The highest BCUT2D eigenvalue weighted by Gasteiger charge is 1.89. The van der Waals surface area contributed by atoms with Crippen molar-refractivity contribution in [3.8, 4) is 0 Å². The lowest BCUT2D eigenvalue weighted by atomic mass is 10.2. The van der Waals surface area contributed by atoms with Crippen LogP contribution in [-0.2, 0) is 0 Å². The number of hydrazone groups is 1. The Morgan fingerprint density at radius 2 is 2.14 bits per heavy atom. The van der Waals surface area contributed by atoms with Crippen molar-refractivity contribution in [3.63, 3.8) is 0 Å². The predicted octanol–water partition coefficient (Wildman–Crippen LogP) is 1.58. The Bertz CT molecular complexity index is 332. The number of nitrogens with one attached hydrogen (secondary N) is 1. The van der Waals surface area contributed by atoms with Crippen molar-refractivity contribution in [1.82, 2.24) is 5.43 Å². The number of thiocarbonyl (C=S) groups is 1. The molecule has 3 N–H and O–H groups in total. The average Bonchev–Trinajstić information content (AvgIpc) is 2.18. The zero-order valence-corrected chi connectivity index (χ0v) is 9.36. The average molecular weight is 225 g/mol. The van der Waals surface area contributed by atoms with Crippen LogP contribution >= 0.6 is 24.0 Å². The van der Waals surface area contributed by atoms with Gasteiger partial charge in [0.2, 0.25) is 0 Å². The van der Waals surface area contributed by atoms with Crippen molar-refractivity contribution >= 4 is 35.3 Å². The van der Waals surface area contributed by atoms with Crippen LogP contribution in [0.25, 0.3) is 0 Å². The van der Waals surface area contributed by atoms with E-state index >= 15 is 0 Å². The van der Waals surface area contributed by atoms with Gasteiger partial charge in [0, 0.05) is 4.90 Å². The summed E-state index contributed by atoms with van der Waals surface area (Å²) in [7, 11) is 0. The molecule has 0 atom stereocenters. The van der Waals surface area contributed by atoms with Gasteiger partial charge in [-0.05, 0) is 36.2 Å². The molecule has 0 fully saturated rings. The second-order valence-corrected chi connectivity index (χ2v) is 3.83. The summed E-state index contributed by atoms with van der Waals surface area (Å²) in [6, 6.07) is 8.03. The first kappa shape index (κ1) is 11.0. The summed E-state index contributed by atoms with van der Waals surface area (Å²) in [5, 5.41) is 4.02. The minimum absolute atomic E-state index is 0.169. The fraction of sp³-hybridized carbons (Fsp3) is 0.111. The fourth-order valence-corrected chi connectivity index (χ4v) is 1.32. The van der Waals surface area contributed by atoms with Crippen LogP contribution in [0.3, 0.4) is 0 Å². The van der Waals surface area contributed by atoms with Crippen molar-refractivity contribution in [2.24, 2.45) is 10.8 Å². The maximum Gasteiger partial charge on any atom is 0.184 e. The molecule has 0 unspecified atom stereocenters. The monoisotopic (exact) mass is 225 g/mol. The molecule has 5 heteroatoms. The van der Waals surface area contributed by atoms with Crippen LogP contribution in [0.15, 0.2) is 34.3 Å². The van der Waals surface area contributed by atoms with Gasteiger partial charge in [-0.25, -0.2) is 0 Å². The topological polar surface area (TPSA) is 50.4 Å². The Morgan fingerprint density at radius 1 is 1.50 bits per heavy atom. The summed E-state index contributed by atoms with van der Waals surface area (Å²) >= 11 is 6.31. The molecule has 0 spiro atoms. The molecule has 1 aromatic rings. The van der Waals surface area contributed by atoms with Gasteiger partial charge in [0.05, 0.1) is 6.21 Å². The molecule has 14 heavy (non-hydrogen) atoms. The van der Waals surface area contributed by atoms with Gasteiger partial charge in [-0.15, -0.1) is 11.8 Å². The second kappa shape index (κ2) is 5.62. The van der Waals surface area contributed by atoms with Crippen LogP contribution < -0.4 is 11.2 Å². The van der Waals surface area contributed by atoms with Crippen LogP contribution in [0.2, 0.25) is 0 Å². The molecule has 74 valence electrons. The van der Waals surface area contributed by atoms with Gasteiger partial charge in [-0.1, -0.05) is 12.1 Å². The van der Waals surface area contributed by atoms with Crippen molar-refractivity contribution in [1.29, 1.82) is 0 Å². The molecule has 0 aromatic heterocycles. The lowest BCUT2D eigenvalue weighted by Gasteiger charge is -1.97. The van der Waals surface area contributed by atoms with Crippen LogP contribution in [-0.4, -0.2) is 17.6 Å². The highest BCUT2D eigenvalue weighted by molar-refractivity contribution is 7.98. The van der Waals surface area contributed by atoms with Gasteiger partial charge in [-0.2, -0.15) is 5.10 Å². The number of hydrogen-bond donors (Lipinski definition) is 2. The summed E-state index contributed by atoms with van der Waals surface area (Å²) < 4.78 is 0. The Morgan fingerprint density at radius 3 is 2.64 bits per heavy atom. The van der Waals surface area contributed by atoms with E-state index in [9.17, 15) is 0 Å². The maximum atomic E-state index is 5.21. The number of hydrogen-bond acceptors (Lipinski definition) is 3. The molecule has 0 saturated heterocycles. The molecule has 1 rings (SSSR count). The lowest BCUT2D eigenvalue weighted by molar-refractivity contribution is 1.04. The molecule has 0 aliphatic carbocycles. The molecular formula is C9H11N3S2. The number of nitrogens with zero attached hydrogens (tertiary/aromatic N) is 1. The highest BCUT2D eigenvalue weighted by Crippen LogP contribution is 2.13. The minimum atomic E-state index is 0.169. The van der Waals surface area contributed by atoms with Crippen molar-refractivity contribution in [2.45, 2.75) is 4.90 Å². The van der Waals surface area contributed by atoms with E-state index in [0.29, 0.717) is 0 Å².